The molecule has 0 bridgehead atoms. The first kappa shape index (κ1) is 33.9. The van der Waals surface area contributed by atoms with Crippen LogP contribution in [0.25, 0.3) is 0 Å². The van der Waals surface area contributed by atoms with Gasteiger partial charge in [0.15, 0.2) is 17.6 Å². The van der Waals surface area contributed by atoms with E-state index in [2.05, 4.69) is 31.2 Å². The second-order valence-electron chi connectivity index (χ2n) is 11.6. The summed E-state index contributed by atoms with van der Waals surface area (Å²) in [6, 6.07) is 7.65. The van der Waals surface area contributed by atoms with Crippen LogP contribution in [0.4, 0.5) is 0 Å². The fraction of sp³-hybridized carbons (Fsp3) is 0.528. The Labute approximate surface area is 257 Å². The lowest BCUT2D eigenvalue weighted by atomic mass is 9.93. The quantitative estimate of drug-likeness (QED) is 0.0684. The minimum Gasteiger partial charge on any atom is -0.507 e. The third-order valence-electron chi connectivity index (χ3n) is 7.47. The molecular formula is C36H50O7. The molecule has 0 spiro atoms. The smallest absolute Gasteiger partial charge is 0.306 e. The molecule has 0 saturated carbocycles. The molecule has 0 aromatic heterocycles. The van der Waals surface area contributed by atoms with E-state index in [-0.39, 0.29) is 35.7 Å². The zero-order chi connectivity index (χ0) is 31.0. The molecule has 2 atom stereocenters. The number of aromatic hydroxyl groups is 3. The first-order chi connectivity index (χ1) is 20.8. The van der Waals surface area contributed by atoms with Crippen molar-refractivity contribution < 1.29 is 34.3 Å². The maximum atomic E-state index is 12.9. The molecule has 43 heavy (non-hydrogen) atoms. The van der Waals surface area contributed by atoms with Gasteiger partial charge in [-0.15, -0.1) is 0 Å². The van der Waals surface area contributed by atoms with Crippen LogP contribution < -0.4 is 9.47 Å². The number of rotatable bonds is 18. The summed E-state index contributed by atoms with van der Waals surface area (Å²) in [5.41, 5.74) is 1.08. The first-order valence-electron chi connectivity index (χ1n) is 16.0. The van der Waals surface area contributed by atoms with Gasteiger partial charge in [-0.3, -0.25) is 4.79 Å². The Kier molecular flexibility index (Phi) is 14.3. The van der Waals surface area contributed by atoms with Crippen LogP contribution in [0.3, 0.4) is 0 Å². The molecule has 3 N–H and O–H groups in total. The highest BCUT2D eigenvalue weighted by atomic mass is 16.6. The van der Waals surface area contributed by atoms with Crippen molar-refractivity contribution >= 4 is 5.97 Å². The molecule has 3 rings (SSSR count). The largest absolute Gasteiger partial charge is 0.507 e. The number of carbonyl (C=O) groups is 1. The van der Waals surface area contributed by atoms with Crippen molar-refractivity contribution in [2.75, 3.05) is 0 Å². The van der Waals surface area contributed by atoms with Crippen molar-refractivity contribution in [1.82, 2.24) is 0 Å². The van der Waals surface area contributed by atoms with Crippen molar-refractivity contribution in [3.8, 4) is 28.7 Å². The van der Waals surface area contributed by atoms with Crippen molar-refractivity contribution in [2.45, 2.75) is 123 Å². The second kappa shape index (κ2) is 18.1. The van der Waals surface area contributed by atoms with E-state index in [0.717, 1.165) is 44.9 Å². The van der Waals surface area contributed by atoms with Gasteiger partial charge in [-0.2, -0.15) is 0 Å². The van der Waals surface area contributed by atoms with Crippen LogP contribution in [0.15, 0.2) is 54.6 Å². The van der Waals surface area contributed by atoms with Crippen LogP contribution in [-0.2, 0) is 16.0 Å². The van der Waals surface area contributed by atoms with E-state index < -0.39 is 12.2 Å². The Morgan fingerprint density at radius 3 is 2.28 bits per heavy atom. The van der Waals surface area contributed by atoms with Gasteiger partial charge in [0, 0.05) is 36.1 Å². The van der Waals surface area contributed by atoms with E-state index >= 15 is 0 Å². The van der Waals surface area contributed by atoms with Crippen LogP contribution in [0.1, 0.15) is 115 Å². The number of hydrogen-bond acceptors (Lipinski definition) is 7. The van der Waals surface area contributed by atoms with Crippen LogP contribution >= 0.6 is 0 Å². The van der Waals surface area contributed by atoms with Crippen molar-refractivity contribution in [2.24, 2.45) is 0 Å². The van der Waals surface area contributed by atoms with Crippen LogP contribution in [0.5, 0.6) is 28.7 Å². The van der Waals surface area contributed by atoms with E-state index in [0.29, 0.717) is 29.0 Å². The topological polar surface area (TPSA) is 105 Å². The molecule has 0 amide bonds. The molecule has 7 nitrogen and oxygen atoms in total. The van der Waals surface area contributed by atoms with Gasteiger partial charge in [-0.1, -0.05) is 69.4 Å². The molecule has 236 valence electrons. The average Bonchev–Trinajstić information content (AvgIpc) is 2.96. The van der Waals surface area contributed by atoms with Crippen LogP contribution in [-0.4, -0.2) is 33.5 Å². The summed E-state index contributed by atoms with van der Waals surface area (Å²) in [4.78, 5) is 12.9. The monoisotopic (exact) mass is 594 g/mol. The van der Waals surface area contributed by atoms with Gasteiger partial charge in [0.05, 0.1) is 6.10 Å². The summed E-state index contributed by atoms with van der Waals surface area (Å²) in [5, 5.41) is 30.6. The van der Waals surface area contributed by atoms with Crippen molar-refractivity contribution in [1.29, 1.82) is 0 Å². The normalized spacial score (nSPS) is 16.5. The summed E-state index contributed by atoms with van der Waals surface area (Å²) in [5.74, 6) is 0.0384. The third-order valence-corrected chi connectivity index (χ3v) is 7.47. The summed E-state index contributed by atoms with van der Waals surface area (Å²) >= 11 is 0. The molecule has 0 fully saturated rings. The van der Waals surface area contributed by atoms with E-state index in [1.807, 2.05) is 13.8 Å². The summed E-state index contributed by atoms with van der Waals surface area (Å²) in [6.45, 7) is 6.01. The number of carbonyl (C=O) groups excluding carboxylic acids is 1. The molecule has 0 aliphatic carbocycles. The minimum absolute atomic E-state index is 0.00919. The lowest BCUT2D eigenvalue weighted by Crippen LogP contribution is -2.34. The highest BCUT2D eigenvalue weighted by Crippen LogP contribution is 2.44. The molecular weight excluding hydrogens is 544 g/mol. The minimum atomic E-state index is -0.735. The molecule has 2 aromatic rings. The predicted octanol–water partition coefficient (Wildman–Crippen LogP) is 8.99. The third kappa shape index (κ3) is 11.5. The summed E-state index contributed by atoms with van der Waals surface area (Å²) < 4.78 is 17.9. The molecule has 2 aromatic carbocycles. The van der Waals surface area contributed by atoms with Gasteiger partial charge in [0.1, 0.15) is 23.4 Å². The van der Waals surface area contributed by atoms with E-state index in [4.69, 9.17) is 14.2 Å². The number of allylic oxidation sites excluding steroid dienone is 4. The van der Waals surface area contributed by atoms with E-state index in [1.54, 1.807) is 12.1 Å². The Morgan fingerprint density at radius 2 is 1.58 bits per heavy atom. The number of fused-ring (bicyclic) bond motifs is 1. The number of unbranched alkanes of at least 4 members (excludes halogenated alkanes) is 8. The fourth-order valence-electron chi connectivity index (χ4n) is 5.19. The maximum Gasteiger partial charge on any atom is 0.306 e. The highest BCUT2D eigenvalue weighted by molar-refractivity contribution is 5.69. The standard InChI is InChI=1S/C36H50O7/c1-4-5-6-7-8-9-10-11-12-13-14-15-16-17-18-19-35(40)42-34-25-29-31(38)23-28(41-26(2)3)24-33(29)43-36(34)27-20-21-30(37)32(39)22-27/h8-9,11-12,20-24,26,34,36-39H,4-7,10,13-19,25H2,1-3H3/b9-8-,12-11-/t34-,36+/m0/s1. The van der Waals surface area contributed by atoms with Crippen LogP contribution in [0, 0.1) is 0 Å². The van der Waals surface area contributed by atoms with E-state index in [1.165, 1.54) is 43.9 Å². The molecule has 0 unspecified atom stereocenters. The Morgan fingerprint density at radius 1 is 0.884 bits per heavy atom. The number of phenolic OH excluding ortho intramolecular Hbond substituents is 3. The molecule has 0 saturated heterocycles. The van der Waals surface area contributed by atoms with Gasteiger partial charge in [-0.05, 0) is 64.5 Å². The molecule has 1 aliphatic heterocycles. The first-order valence-corrected chi connectivity index (χ1v) is 16.0. The predicted molar refractivity (Wildman–Crippen MR) is 170 cm³/mol. The Balaban J connectivity index is 1.47. The van der Waals surface area contributed by atoms with Gasteiger partial charge >= 0.3 is 5.97 Å². The van der Waals surface area contributed by atoms with Gasteiger partial charge < -0.3 is 29.5 Å². The lowest BCUT2D eigenvalue weighted by Gasteiger charge is -2.34. The molecule has 1 heterocycles. The number of benzene rings is 2. The zero-order valence-electron chi connectivity index (χ0n) is 26.1. The average molecular weight is 595 g/mol. The molecule has 0 radical (unpaired) electrons. The SMILES string of the molecule is CCCCC/C=C\C/C=C\CCCCCCCC(=O)O[C@H]1Cc2c(O)cc(OC(C)C)cc2O[C@@H]1c1ccc(O)c(O)c1. The Hall–Kier alpha value is -3.61. The lowest BCUT2D eigenvalue weighted by molar-refractivity contribution is -0.155. The zero-order valence-corrected chi connectivity index (χ0v) is 26.1. The highest BCUT2D eigenvalue weighted by Gasteiger charge is 2.36. The fourth-order valence-corrected chi connectivity index (χ4v) is 5.19. The number of phenols is 3. The van der Waals surface area contributed by atoms with Gasteiger partial charge in [0.25, 0.3) is 0 Å². The second-order valence-corrected chi connectivity index (χ2v) is 11.6. The maximum absolute atomic E-state index is 12.9. The summed E-state index contributed by atoms with van der Waals surface area (Å²) in [7, 11) is 0. The number of hydrogen-bond donors (Lipinski definition) is 3. The van der Waals surface area contributed by atoms with Gasteiger partial charge in [-0.25, -0.2) is 0 Å². The van der Waals surface area contributed by atoms with Gasteiger partial charge in [0.2, 0.25) is 0 Å². The Bertz CT molecular complexity index is 1200. The van der Waals surface area contributed by atoms with Crippen molar-refractivity contribution in [3.05, 3.63) is 65.8 Å². The van der Waals surface area contributed by atoms with E-state index in [9.17, 15) is 20.1 Å². The number of ether oxygens (including phenoxy) is 3. The van der Waals surface area contributed by atoms with Crippen molar-refractivity contribution in [3.63, 3.8) is 0 Å². The number of esters is 1. The summed E-state index contributed by atoms with van der Waals surface area (Å²) in [6.07, 6.45) is 20.2. The molecule has 1 aliphatic rings. The molecule has 7 heteroatoms. The van der Waals surface area contributed by atoms with Crippen LogP contribution in [0.2, 0.25) is 0 Å².